The maximum absolute atomic E-state index is 12.3. The van der Waals surface area contributed by atoms with Crippen LogP contribution in [0.4, 0.5) is 10.5 Å². The number of rotatable bonds is 4. The van der Waals surface area contributed by atoms with Crippen molar-refractivity contribution in [3.63, 3.8) is 0 Å². The second-order valence-corrected chi connectivity index (χ2v) is 7.45. The van der Waals surface area contributed by atoms with Crippen LogP contribution in [-0.4, -0.2) is 44.3 Å². The lowest BCUT2D eigenvalue weighted by molar-refractivity contribution is 0.175. The first-order valence-corrected chi connectivity index (χ1v) is 9.64. The fourth-order valence-corrected chi connectivity index (χ4v) is 3.44. The number of benzene rings is 1. The lowest BCUT2D eigenvalue weighted by Gasteiger charge is -2.32. The molecule has 1 saturated heterocycles. The van der Waals surface area contributed by atoms with E-state index in [0.717, 1.165) is 43.1 Å². The van der Waals surface area contributed by atoms with E-state index in [1.54, 1.807) is 36.7 Å². The minimum absolute atomic E-state index is 0.0714. The molecule has 6 nitrogen and oxygen atoms in total. The first-order chi connectivity index (χ1) is 11.6. The summed E-state index contributed by atoms with van der Waals surface area (Å²) >= 11 is 0. The van der Waals surface area contributed by atoms with E-state index in [9.17, 15) is 9.00 Å². The predicted octanol–water partition coefficient (Wildman–Crippen LogP) is 2.56. The van der Waals surface area contributed by atoms with E-state index in [0.29, 0.717) is 5.92 Å². The van der Waals surface area contributed by atoms with Crippen molar-refractivity contribution in [2.75, 3.05) is 24.7 Å². The molecule has 3 rings (SSSR count). The van der Waals surface area contributed by atoms with Gasteiger partial charge in [-0.2, -0.15) is 5.10 Å². The molecule has 0 spiro atoms. The molecule has 1 aliphatic heterocycles. The Labute approximate surface area is 144 Å². The number of hydrogen-bond donors (Lipinski definition) is 1. The Morgan fingerprint density at radius 2 is 2.00 bits per heavy atom. The van der Waals surface area contributed by atoms with Gasteiger partial charge in [0.05, 0.1) is 0 Å². The quantitative estimate of drug-likeness (QED) is 0.925. The molecule has 1 fully saturated rings. The van der Waals surface area contributed by atoms with Crippen LogP contribution >= 0.6 is 0 Å². The van der Waals surface area contributed by atoms with Crippen molar-refractivity contribution < 1.29 is 9.00 Å². The molecule has 1 aromatic carbocycles. The van der Waals surface area contributed by atoms with Crippen molar-refractivity contribution in [1.82, 2.24) is 14.7 Å². The third-order valence-corrected chi connectivity index (χ3v) is 5.28. The molecule has 0 saturated carbocycles. The molecule has 0 unspecified atom stereocenters. The maximum Gasteiger partial charge on any atom is 0.321 e. The Morgan fingerprint density at radius 3 is 2.58 bits per heavy atom. The first kappa shape index (κ1) is 16.7. The number of anilines is 1. The molecule has 2 aromatic rings. The molecule has 7 heteroatoms. The summed E-state index contributed by atoms with van der Waals surface area (Å²) in [5.41, 5.74) is 0.730. The summed E-state index contributed by atoms with van der Waals surface area (Å²) in [6.07, 6.45) is 7.39. The van der Waals surface area contributed by atoms with Gasteiger partial charge in [-0.25, -0.2) is 4.79 Å². The molecule has 2 heterocycles. The molecule has 1 N–H and O–H groups in total. The van der Waals surface area contributed by atoms with Gasteiger partial charge in [-0.3, -0.25) is 8.89 Å². The smallest absolute Gasteiger partial charge is 0.321 e. The molecule has 1 atom stereocenters. The third-order valence-electron chi connectivity index (χ3n) is 4.34. The van der Waals surface area contributed by atoms with Gasteiger partial charge in [0.2, 0.25) is 0 Å². The number of carbonyl (C=O) groups excluding carboxylic acids is 1. The van der Waals surface area contributed by atoms with Crippen molar-refractivity contribution in [2.24, 2.45) is 5.92 Å². The number of hydrogen-bond acceptors (Lipinski definition) is 3. The van der Waals surface area contributed by atoms with Crippen LogP contribution in [0.25, 0.3) is 0 Å². The zero-order chi connectivity index (χ0) is 16.9. The fourth-order valence-electron chi connectivity index (χ4n) is 2.92. The van der Waals surface area contributed by atoms with Gasteiger partial charge in [-0.15, -0.1) is 0 Å². The maximum atomic E-state index is 12.3. The number of carbonyl (C=O) groups is 1. The van der Waals surface area contributed by atoms with Crippen molar-refractivity contribution in [2.45, 2.75) is 24.3 Å². The van der Waals surface area contributed by atoms with Gasteiger partial charge < -0.3 is 10.2 Å². The van der Waals surface area contributed by atoms with Crippen LogP contribution in [-0.2, 0) is 17.3 Å². The summed E-state index contributed by atoms with van der Waals surface area (Å²) < 4.78 is 13.3. The molecule has 0 bridgehead atoms. The summed E-state index contributed by atoms with van der Waals surface area (Å²) in [5, 5.41) is 7.15. The Hall–Kier alpha value is -2.15. The Morgan fingerprint density at radius 1 is 1.29 bits per heavy atom. The highest BCUT2D eigenvalue weighted by molar-refractivity contribution is 7.84. The SMILES string of the molecule is C[S@](=O)c1ccc(NC(=O)N2CCC(Cn3cccn3)CC2)cc1. The van der Waals surface area contributed by atoms with Gasteiger partial charge in [0, 0.05) is 59.7 Å². The first-order valence-electron chi connectivity index (χ1n) is 8.08. The molecule has 1 aromatic heterocycles. The van der Waals surface area contributed by atoms with E-state index >= 15 is 0 Å². The molecule has 0 aliphatic carbocycles. The van der Waals surface area contributed by atoms with Crippen molar-refractivity contribution in [1.29, 1.82) is 0 Å². The predicted molar refractivity (Wildman–Crippen MR) is 94.3 cm³/mol. The molecule has 1 aliphatic rings. The minimum Gasteiger partial charge on any atom is -0.325 e. The van der Waals surface area contributed by atoms with Crippen molar-refractivity contribution in [3.8, 4) is 0 Å². The van der Waals surface area contributed by atoms with Gasteiger partial charge >= 0.3 is 6.03 Å². The lowest BCUT2D eigenvalue weighted by atomic mass is 9.97. The number of likely N-dealkylation sites (tertiary alicyclic amines) is 1. The summed E-state index contributed by atoms with van der Waals surface area (Å²) in [5.74, 6) is 0.563. The zero-order valence-corrected chi connectivity index (χ0v) is 14.5. The Bertz CT molecular complexity index is 692. The molecule has 0 radical (unpaired) electrons. The van der Waals surface area contributed by atoms with Crippen LogP contribution < -0.4 is 5.32 Å². The van der Waals surface area contributed by atoms with E-state index in [1.165, 1.54) is 0 Å². The van der Waals surface area contributed by atoms with E-state index in [1.807, 2.05) is 21.8 Å². The van der Waals surface area contributed by atoms with Gasteiger partial charge in [-0.1, -0.05) is 0 Å². The molecule has 128 valence electrons. The minimum atomic E-state index is -1.00. The van der Waals surface area contributed by atoms with Crippen LogP contribution in [0.5, 0.6) is 0 Å². The lowest BCUT2D eigenvalue weighted by Crippen LogP contribution is -2.41. The number of aromatic nitrogens is 2. The highest BCUT2D eigenvalue weighted by Gasteiger charge is 2.23. The van der Waals surface area contributed by atoms with Crippen molar-refractivity contribution >= 4 is 22.5 Å². The van der Waals surface area contributed by atoms with E-state index in [4.69, 9.17) is 0 Å². The Balaban J connectivity index is 1.49. The number of nitrogens with one attached hydrogen (secondary N) is 1. The Kier molecular flexibility index (Phi) is 5.30. The number of amides is 2. The average Bonchev–Trinajstić information content (AvgIpc) is 3.09. The monoisotopic (exact) mass is 346 g/mol. The van der Waals surface area contributed by atoms with Gasteiger partial charge in [-0.05, 0) is 49.1 Å². The van der Waals surface area contributed by atoms with Gasteiger partial charge in [0.15, 0.2) is 0 Å². The zero-order valence-electron chi connectivity index (χ0n) is 13.7. The molecule has 2 amide bonds. The standard InChI is InChI=1S/C17H22N4O2S/c1-24(23)16-5-3-15(4-6-16)19-17(22)20-11-7-14(8-12-20)13-21-10-2-9-18-21/h2-6,9-10,14H,7-8,11-13H2,1H3,(H,19,22)/t24-/m0/s1. The molecule has 24 heavy (non-hydrogen) atoms. The van der Waals surface area contributed by atoms with Gasteiger partial charge in [0.1, 0.15) is 0 Å². The fraction of sp³-hybridized carbons (Fsp3) is 0.412. The second-order valence-electron chi connectivity index (χ2n) is 6.07. The normalized spacial score (nSPS) is 16.8. The molecular formula is C17H22N4O2S. The highest BCUT2D eigenvalue weighted by Crippen LogP contribution is 2.20. The van der Waals surface area contributed by atoms with E-state index < -0.39 is 10.8 Å². The van der Waals surface area contributed by atoms with Crippen molar-refractivity contribution in [3.05, 3.63) is 42.7 Å². The van der Waals surface area contributed by atoms with Crippen LogP contribution in [0, 0.1) is 5.92 Å². The number of piperidine rings is 1. The van der Waals surface area contributed by atoms with Crippen LogP contribution in [0.3, 0.4) is 0 Å². The van der Waals surface area contributed by atoms with E-state index in [2.05, 4.69) is 10.4 Å². The summed E-state index contributed by atoms with van der Waals surface area (Å²) in [4.78, 5) is 15.0. The van der Waals surface area contributed by atoms with Gasteiger partial charge in [0.25, 0.3) is 0 Å². The third kappa shape index (κ3) is 4.23. The molecular weight excluding hydrogens is 324 g/mol. The summed E-state index contributed by atoms with van der Waals surface area (Å²) in [7, 11) is -1.00. The van der Waals surface area contributed by atoms with Crippen LogP contribution in [0.2, 0.25) is 0 Å². The van der Waals surface area contributed by atoms with Crippen LogP contribution in [0.15, 0.2) is 47.6 Å². The number of urea groups is 1. The number of nitrogens with zero attached hydrogens (tertiary/aromatic N) is 3. The summed E-state index contributed by atoms with van der Waals surface area (Å²) in [6.45, 7) is 2.43. The summed E-state index contributed by atoms with van der Waals surface area (Å²) in [6, 6.07) is 9.00. The second kappa shape index (κ2) is 7.61. The van der Waals surface area contributed by atoms with E-state index in [-0.39, 0.29) is 6.03 Å². The average molecular weight is 346 g/mol. The highest BCUT2D eigenvalue weighted by atomic mass is 32.2. The van der Waals surface area contributed by atoms with Crippen LogP contribution in [0.1, 0.15) is 12.8 Å². The largest absolute Gasteiger partial charge is 0.325 e. The topological polar surface area (TPSA) is 67.2 Å².